The Morgan fingerprint density at radius 3 is 2.82 bits per heavy atom. The van der Waals surface area contributed by atoms with Crippen molar-refractivity contribution in [1.29, 1.82) is 0 Å². The van der Waals surface area contributed by atoms with E-state index in [0.717, 1.165) is 69.9 Å². The first-order valence-electron chi connectivity index (χ1n) is 10.5. The van der Waals surface area contributed by atoms with Gasteiger partial charge in [0.2, 0.25) is 0 Å². The van der Waals surface area contributed by atoms with Gasteiger partial charge in [-0.15, -0.1) is 0 Å². The highest BCUT2D eigenvalue weighted by molar-refractivity contribution is 5.79. The molecule has 0 radical (unpaired) electrons. The fraction of sp³-hybridized carbons (Fsp3) is 0.571. The first-order valence-corrected chi connectivity index (χ1v) is 10.5. The highest BCUT2D eigenvalue weighted by atomic mass is 16.2. The van der Waals surface area contributed by atoms with Crippen LogP contribution in [0.2, 0.25) is 0 Å². The maximum absolute atomic E-state index is 12.3. The monoisotopic (exact) mass is 384 g/mol. The molecule has 3 rings (SSSR count). The number of hydrogen-bond acceptors (Lipinski definition) is 3. The van der Waals surface area contributed by atoms with Crippen LogP contribution in [0.1, 0.15) is 44.0 Å². The molecule has 0 saturated carbocycles. The smallest absolute Gasteiger partial charge is 0.345 e. The van der Waals surface area contributed by atoms with E-state index in [9.17, 15) is 4.79 Å². The van der Waals surface area contributed by atoms with Crippen LogP contribution in [-0.2, 0) is 25.9 Å². The maximum atomic E-state index is 12.3. The van der Waals surface area contributed by atoms with Gasteiger partial charge in [0.05, 0.1) is 0 Å². The summed E-state index contributed by atoms with van der Waals surface area (Å²) in [6.07, 6.45) is 6.04. The number of nitrogens with one attached hydrogen (secondary N) is 2. The second kappa shape index (κ2) is 10.7. The summed E-state index contributed by atoms with van der Waals surface area (Å²) in [5, 5.41) is 11.2. The summed E-state index contributed by atoms with van der Waals surface area (Å²) in [5.74, 6) is 1.78. The lowest BCUT2D eigenvalue weighted by molar-refractivity contribution is 0.509. The molecule has 152 valence electrons. The van der Waals surface area contributed by atoms with E-state index in [1.807, 2.05) is 10.6 Å². The van der Waals surface area contributed by atoms with E-state index in [4.69, 9.17) is 0 Å². The number of guanidine groups is 1. The molecule has 2 N–H and O–H groups in total. The van der Waals surface area contributed by atoms with Crippen molar-refractivity contribution in [2.24, 2.45) is 4.99 Å². The van der Waals surface area contributed by atoms with Crippen molar-refractivity contribution in [3.05, 3.63) is 52.2 Å². The van der Waals surface area contributed by atoms with Crippen LogP contribution in [0.15, 0.2) is 40.1 Å². The number of fused-ring (bicyclic) bond motifs is 1. The number of nitrogens with zero attached hydrogens (tertiary/aromatic N) is 4. The maximum Gasteiger partial charge on any atom is 0.345 e. The molecule has 1 aromatic carbocycles. The van der Waals surface area contributed by atoms with Crippen LogP contribution < -0.4 is 16.3 Å². The topological polar surface area (TPSA) is 76.2 Å². The van der Waals surface area contributed by atoms with Crippen LogP contribution in [0.3, 0.4) is 0 Å². The van der Waals surface area contributed by atoms with Gasteiger partial charge in [-0.3, -0.25) is 9.56 Å². The zero-order valence-electron chi connectivity index (χ0n) is 16.9. The lowest BCUT2D eigenvalue weighted by Gasteiger charge is -2.11. The normalized spacial score (nSPS) is 14.0. The Morgan fingerprint density at radius 1 is 1.18 bits per heavy atom. The molecule has 2 aromatic rings. The Hall–Kier alpha value is -2.57. The molecule has 0 saturated heterocycles. The lowest BCUT2D eigenvalue weighted by atomic mass is 10.1. The van der Waals surface area contributed by atoms with Gasteiger partial charge in [0, 0.05) is 39.1 Å². The van der Waals surface area contributed by atoms with E-state index < -0.39 is 0 Å². The van der Waals surface area contributed by atoms with Gasteiger partial charge in [0.25, 0.3) is 0 Å². The largest absolute Gasteiger partial charge is 0.357 e. The van der Waals surface area contributed by atoms with Crippen LogP contribution >= 0.6 is 0 Å². The van der Waals surface area contributed by atoms with Crippen LogP contribution in [0.4, 0.5) is 0 Å². The number of hydrogen-bond donors (Lipinski definition) is 2. The minimum absolute atomic E-state index is 0.0321. The van der Waals surface area contributed by atoms with E-state index in [-0.39, 0.29) is 5.69 Å². The van der Waals surface area contributed by atoms with Crippen LogP contribution in [0, 0.1) is 0 Å². The summed E-state index contributed by atoms with van der Waals surface area (Å²) in [6, 6.07) is 10.5. The predicted molar refractivity (Wildman–Crippen MR) is 113 cm³/mol. The Balaban J connectivity index is 1.41. The average molecular weight is 385 g/mol. The summed E-state index contributed by atoms with van der Waals surface area (Å²) in [4.78, 5) is 17.0. The van der Waals surface area contributed by atoms with E-state index in [0.29, 0.717) is 13.1 Å². The van der Waals surface area contributed by atoms with Gasteiger partial charge < -0.3 is 10.6 Å². The molecular formula is C21H32N6O. The van der Waals surface area contributed by atoms with E-state index in [1.54, 1.807) is 4.68 Å². The highest BCUT2D eigenvalue weighted by Crippen LogP contribution is 2.09. The van der Waals surface area contributed by atoms with Crippen molar-refractivity contribution in [2.75, 3.05) is 19.6 Å². The molecule has 0 fully saturated rings. The Bertz CT molecular complexity index is 808. The van der Waals surface area contributed by atoms with Gasteiger partial charge in [0.1, 0.15) is 5.82 Å². The number of benzene rings is 1. The molecule has 0 bridgehead atoms. The lowest BCUT2D eigenvalue weighted by Crippen LogP contribution is -2.38. The fourth-order valence-corrected chi connectivity index (χ4v) is 3.49. The molecule has 0 amide bonds. The van der Waals surface area contributed by atoms with Gasteiger partial charge in [-0.05, 0) is 44.6 Å². The third kappa shape index (κ3) is 5.71. The SMILES string of the molecule is CCNC(=NCCCn1nc2n(c1=O)CCCC2)NCCCc1ccccc1. The Kier molecular flexibility index (Phi) is 7.70. The van der Waals surface area contributed by atoms with E-state index in [2.05, 4.69) is 51.9 Å². The molecule has 0 spiro atoms. The zero-order chi connectivity index (χ0) is 19.6. The van der Waals surface area contributed by atoms with Gasteiger partial charge in [0.15, 0.2) is 5.96 Å². The summed E-state index contributed by atoms with van der Waals surface area (Å²) < 4.78 is 3.43. The molecule has 0 aliphatic carbocycles. The van der Waals surface area contributed by atoms with Gasteiger partial charge >= 0.3 is 5.69 Å². The van der Waals surface area contributed by atoms with Crippen molar-refractivity contribution in [3.63, 3.8) is 0 Å². The van der Waals surface area contributed by atoms with Crippen molar-refractivity contribution in [3.8, 4) is 0 Å². The van der Waals surface area contributed by atoms with Crippen molar-refractivity contribution in [1.82, 2.24) is 25.0 Å². The quantitative estimate of drug-likeness (QED) is 0.394. The predicted octanol–water partition coefficient (Wildman–Crippen LogP) is 1.96. The summed E-state index contributed by atoms with van der Waals surface area (Å²) in [6.45, 7) is 5.88. The van der Waals surface area contributed by atoms with Crippen LogP contribution in [-0.4, -0.2) is 39.9 Å². The summed E-state index contributed by atoms with van der Waals surface area (Å²) in [7, 11) is 0. The average Bonchev–Trinajstić information content (AvgIpc) is 3.05. The first-order chi connectivity index (χ1) is 13.8. The molecular weight excluding hydrogens is 352 g/mol. The minimum atomic E-state index is 0.0321. The van der Waals surface area contributed by atoms with Gasteiger partial charge in [-0.2, -0.15) is 5.10 Å². The van der Waals surface area contributed by atoms with Crippen molar-refractivity contribution < 1.29 is 0 Å². The zero-order valence-corrected chi connectivity index (χ0v) is 16.9. The Labute approximate surface area is 166 Å². The molecule has 28 heavy (non-hydrogen) atoms. The molecule has 7 heteroatoms. The second-order valence-corrected chi connectivity index (χ2v) is 7.16. The van der Waals surface area contributed by atoms with Crippen LogP contribution in [0.5, 0.6) is 0 Å². The second-order valence-electron chi connectivity index (χ2n) is 7.16. The standard InChI is InChI=1S/C21H32N6O/c1-2-22-20(23-14-8-12-18-10-4-3-5-11-18)24-15-9-17-27-21(28)26-16-7-6-13-19(26)25-27/h3-5,10-11H,2,6-9,12-17H2,1H3,(H2,22,23,24). The van der Waals surface area contributed by atoms with Crippen molar-refractivity contribution >= 4 is 5.96 Å². The van der Waals surface area contributed by atoms with E-state index in [1.165, 1.54) is 5.56 Å². The fourth-order valence-electron chi connectivity index (χ4n) is 3.49. The van der Waals surface area contributed by atoms with Crippen LogP contribution in [0.25, 0.3) is 0 Å². The number of aromatic nitrogens is 3. The molecule has 0 atom stereocenters. The number of aryl methyl sites for hydroxylation is 3. The molecule has 0 unspecified atom stereocenters. The molecule has 1 aliphatic rings. The third-order valence-corrected chi connectivity index (χ3v) is 4.95. The number of rotatable bonds is 9. The molecule has 7 nitrogen and oxygen atoms in total. The van der Waals surface area contributed by atoms with Gasteiger partial charge in [-0.25, -0.2) is 9.48 Å². The van der Waals surface area contributed by atoms with Gasteiger partial charge in [-0.1, -0.05) is 30.3 Å². The van der Waals surface area contributed by atoms with E-state index >= 15 is 0 Å². The minimum Gasteiger partial charge on any atom is -0.357 e. The molecule has 1 aromatic heterocycles. The molecule has 2 heterocycles. The number of aliphatic imine (C=N–C) groups is 1. The van der Waals surface area contributed by atoms with Crippen molar-refractivity contribution in [2.45, 2.75) is 58.5 Å². The Morgan fingerprint density at radius 2 is 2.04 bits per heavy atom. The summed E-state index contributed by atoms with van der Waals surface area (Å²) >= 11 is 0. The third-order valence-electron chi connectivity index (χ3n) is 4.95. The summed E-state index contributed by atoms with van der Waals surface area (Å²) in [5.41, 5.74) is 1.39. The highest BCUT2D eigenvalue weighted by Gasteiger charge is 2.16. The first kappa shape index (κ1) is 20.2. The molecule has 1 aliphatic heterocycles.